The maximum Gasteiger partial charge on any atom is 0.219 e. The van der Waals surface area contributed by atoms with Crippen molar-refractivity contribution in [2.75, 3.05) is 19.6 Å². The molecule has 0 aromatic rings. The molecule has 1 saturated heterocycles. The Morgan fingerprint density at radius 3 is 2.57 bits per heavy atom. The number of carbonyl (C=O) groups is 1. The molecule has 1 fully saturated rings. The topological polar surface area (TPSA) is 46.3 Å². The highest BCUT2D eigenvalue weighted by Crippen LogP contribution is 2.28. The van der Waals surface area contributed by atoms with Crippen LogP contribution in [-0.4, -0.2) is 30.4 Å². The minimum atomic E-state index is 0.201. The highest BCUT2D eigenvalue weighted by molar-refractivity contribution is 5.73. The van der Waals surface area contributed by atoms with Gasteiger partial charge in [-0.2, -0.15) is 0 Å². The van der Waals surface area contributed by atoms with E-state index in [1.165, 1.54) is 0 Å². The van der Waals surface area contributed by atoms with Crippen molar-refractivity contribution in [3.8, 4) is 0 Å². The monoisotopic (exact) mass is 198 g/mol. The number of hydrogen-bond donors (Lipinski definition) is 1. The van der Waals surface area contributed by atoms with Gasteiger partial charge in [-0.1, -0.05) is 13.8 Å². The van der Waals surface area contributed by atoms with E-state index >= 15 is 0 Å². The second kappa shape index (κ2) is 4.78. The molecule has 0 spiro atoms. The van der Waals surface area contributed by atoms with Gasteiger partial charge < -0.3 is 10.6 Å². The average Bonchev–Trinajstić information content (AvgIpc) is 2.53. The van der Waals surface area contributed by atoms with Crippen LogP contribution in [-0.2, 0) is 4.79 Å². The third kappa shape index (κ3) is 2.47. The lowest BCUT2D eigenvalue weighted by Gasteiger charge is -2.25. The van der Waals surface area contributed by atoms with Crippen LogP contribution in [0.3, 0.4) is 0 Å². The fourth-order valence-corrected chi connectivity index (χ4v) is 2.43. The van der Waals surface area contributed by atoms with Gasteiger partial charge in [0.15, 0.2) is 0 Å². The van der Waals surface area contributed by atoms with Gasteiger partial charge in [0.05, 0.1) is 0 Å². The molecule has 14 heavy (non-hydrogen) atoms. The Hall–Kier alpha value is -0.570. The average molecular weight is 198 g/mol. The Kier molecular flexibility index (Phi) is 3.93. The van der Waals surface area contributed by atoms with Crippen LogP contribution in [0.25, 0.3) is 0 Å². The summed E-state index contributed by atoms with van der Waals surface area (Å²) in [5, 5.41) is 0. The summed E-state index contributed by atoms with van der Waals surface area (Å²) in [6.07, 6.45) is 1.12. The lowest BCUT2D eigenvalue weighted by Crippen LogP contribution is -2.32. The minimum absolute atomic E-state index is 0.201. The Morgan fingerprint density at radius 2 is 2.21 bits per heavy atom. The second-order valence-corrected chi connectivity index (χ2v) is 4.66. The van der Waals surface area contributed by atoms with Crippen LogP contribution >= 0.6 is 0 Å². The summed E-state index contributed by atoms with van der Waals surface area (Å²) in [4.78, 5) is 13.1. The van der Waals surface area contributed by atoms with Crippen molar-refractivity contribution in [3.05, 3.63) is 0 Å². The summed E-state index contributed by atoms with van der Waals surface area (Å²) < 4.78 is 0. The standard InChI is InChI=1S/C11H22N2O/c1-8(2)11(6-12)10-4-5-13(7-10)9(3)14/h8,10-11H,4-7,12H2,1-3H3. The highest BCUT2D eigenvalue weighted by atomic mass is 16.2. The smallest absolute Gasteiger partial charge is 0.219 e. The molecule has 2 atom stereocenters. The normalized spacial score (nSPS) is 24.4. The molecule has 2 N–H and O–H groups in total. The zero-order chi connectivity index (χ0) is 10.7. The quantitative estimate of drug-likeness (QED) is 0.737. The molecule has 0 aromatic heterocycles. The number of nitrogens with zero attached hydrogens (tertiary/aromatic N) is 1. The number of likely N-dealkylation sites (tertiary alicyclic amines) is 1. The Bertz CT molecular complexity index is 203. The largest absolute Gasteiger partial charge is 0.343 e. The van der Waals surface area contributed by atoms with E-state index in [1.807, 2.05) is 4.90 Å². The summed E-state index contributed by atoms with van der Waals surface area (Å²) in [5.41, 5.74) is 5.77. The van der Waals surface area contributed by atoms with Crippen molar-refractivity contribution in [1.29, 1.82) is 0 Å². The van der Waals surface area contributed by atoms with E-state index in [4.69, 9.17) is 5.73 Å². The molecule has 1 aliphatic heterocycles. The fraction of sp³-hybridized carbons (Fsp3) is 0.909. The van der Waals surface area contributed by atoms with E-state index in [0.717, 1.165) is 26.1 Å². The van der Waals surface area contributed by atoms with E-state index in [9.17, 15) is 4.79 Å². The molecule has 0 bridgehead atoms. The maximum atomic E-state index is 11.2. The van der Waals surface area contributed by atoms with Crippen LogP contribution in [0.1, 0.15) is 27.2 Å². The summed E-state index contributed by atoms with van der Waals surface area (Å²) in [6.45, 7) is 8.66. The summed E-state index contributed by atoms with van der Waals surface area (Å²) in [6, 6.07) is 0. The number of rotatable bonds is 3. The summed E-state index contributed by atoms with van der Waals surface area (Å²) in [7, 11) is 0. The van der Waals surface area contributed by atoms with Gasteiger partial charge in [-0.3, -0.25) is 4.79 Å². The molecule has 1 heterocycles. The van der Waals surface area contributed by atoms with Crippen LogP contribution in [0.2, 0.25) is 0 Å². The van der Waals surface area contributed by atoms with E-state index in [-0.39, 0.29) is 5.91 Å². The molecule has 0 saturated carbocycles. The molecule has 0 radical (unpaired) electrons. The van der Waals surface area contributed by atoms with Crippen LogP contribution in [0.4, 0.5) is 0 Å². The van der Waals surface area contributed by atoms with E-state index in [2.05, 4.69) is 13.8 Å². The maximum absolute atomic E-state index is 11.2. The lowest BCUT2D eigenvalue weighted by molar-refractivity contribution is -0.128. The van der Waals surface area contributed by atoms with Gasteiger partial charge in [-0.25, -0.2) is 0 Å². The van der Waals surface area contributed by atoms with E-state index in [0.29, 0.717) is 17.8 Å². The second-order valence-electron chi connectivity index (χ2n) is 4.66. The molecule has 0 aliphatic carbocycles. The van der Waals surface area contributed by atoms with Gasteiger partial charge in [-0.05, 0) is 30.7 Å². The first-order valence-electron chi connectivity index (χ1n) is 5.51. The SMILES string of the molecule is CC(=O)N1CCC(C(CN)C(C)C)C1. The molecule has 1 amide bonds. The molecule has 1 aliphatic rings. The number of hydrogen-bond acceptors (Lipinski definition) is 2. The summed E-state index contributed by atoms with van der Waals surface area (Å²) in [5.74, 6) is 2.01. The molecule has 2 unspecified atom stereocenters. The van der Waals surface area contributed by atoms with Gasteiger partial charge in [0.25, 0.3) is 0 Å². The van der Waals surface area contributed by atoms with Crippen molar-refractivity contribution in [2.24, 2.45) is 23.5 Å². The van der Waals surface area contributed by atoms with Crippen molar-refractivity contribution < 1.29 is 4.79 Å². The predicted molar refractivity (Wildman–Crippen MR) is 57.7 cm³/mol. The summed E-state index contributed by atoms with van der Waals surface area (Å²) >= 11 is 0. The molecule has 3 heteroatoms. The van der Waals surface area contributed by atoms with Gasteiger partial charge in [-0.15, -0.1) is 0 Å². The van der Waals surface area contributed by atoms with Crippen molar-refractivity contribution in [2.45, 2.75) is 27.2 Å². The van der Waals surface area contributed by atoms with Crippen LogP contribution in [0.5, 0.6) is 0 Å². The highest BCUT2D eigenvalue weighted by Gasteiger charge is 2.31. The molecule has 1 rings (SSSR count). The molecular formula is C11H22N2O. The van der Waals surface area contributed by atoms with E-state index < -0.39 is 0 Å². The first kappa shape index (κ1) is 11.5. The molecule has 0 aromatic carbocycles. The molecule has 3 nitrogen and oxygen atoms in total. The Labute approximate surface area is 86.6 Å². The van der Waals surface area contributed by atoms with Gasteiger partial charge >= 0.3 is 0 Å². The predicted octanol–water partition coefficient (Wildman–Crippen LogP) is 1.09. The number of carbonyl (C=O) groups excluding carboxylic acids is 1. The minimum Gasteiger partial charge on any atom is -0.343 e. The van der Waals surface area contributed by atoms with Crippen molar-refractivity contribution in [1.82, 2.24) is 4.90 Å². The Morgan fingerprint density at radius 1 is 1.57 bits per heavy atom. The molecule has 82 valence electrons. The zero-order valence-corrected chi connectivity index (χ0v) is 9.49. The fourth-order valence-electron chi connectivity index (χ4n) is 2.43. The van der Waals surface area contributed by atoms with Crippen LogP contribution in [0, 0.1) is 17.8 Å². The van der Waals surface area contributed by atoms with Crippen LogP contribution < -0.4 is 5.73 Å². The van der Waals surface area contributed by atoms with Crippen LogP contribution in [0.15, 0.2) is 0 Å². The first-order chi connectivity index (χ1) is 6.56. The third-order valence-electron chi connectivity index (χ3n) is 3.40. The molecular weight excluding hydrogens is 176 g/mol. The van der Waals surface area contributed by atoms with Crippen molar-refractivity contribution in [3.63, 3.8) is 0 Å². The Balaban J connectivity index is 2.51. The van der Waals surface area contributed by atoms with E-state index in [1.54, 1.807) is 6.92 Å². The number of nitrogens with two attached hydrogens (primary N) is 1. The number of amides is 1. The van der Waals surface area contributed by atoms with Gasteiger partial charge in [0, 0.05) is 20.0 Å². The van der Waals surface area contributed by atoms with Gasteiger partial charge in [0.1, 0.15) is 0 Å². The first-order valence-corrected chi connectivity index (χ1v) is 5.51. The third-order valence-corrected chi connectivity index (χ3v) is 3.40. The lowest BCUT2D eigenvalue weighted by atomic mass is 9.83. The van der Waals surface area contributed by atoms with Gasteiger partial charge in [0.2, 0.25) is 5.91 Å². The zero-order valence-electron chi connectivity index (χ0n) is 9.49. The van der Waals surface area contributed by atoms with Crippen molar-refractivity contribution >= 4 is 5.91 Å².